The summed E-state index contributed by atoms with van der Waals surface area (Å²) in [5.74, 6) is 8.01. The van der Waals surface area contributed by atoms with Crippen molar-refractivity contribution in [2.24, 2.45) is 5.84 Å². The number of piperazine rings is 1. The summed E-state index contributed by atoms with van der Waals surface area (Å²) in [7, 11) is 4.34. The Hall–Kier alpha value is -1.44. The van der Waals surface area contributed by atoms with Crippen molar-refractivity contribution in [3.05, 3.63) is 11.9 Å². The van der Waals surface area contributed by atoms with Crippen molar-refractivity contribution in [2.45, 2.75) is 25.8 Å². The van der Waals surface area contributed by atoms with E-state index >= 15 is 0 Å². The predicted molar refractivity (Wildman–Crippen MR) is 86.3 cm³/mol. The zero-order valence-corrected chi connectivity index (χ0v) is 13.4. The maximum atomic E-state index is 5.48. The molecule has 0 radical (unpaired) electrons. The molecule has 0 aromatic carbocycles. The second kappa shape index (κ2) is 7.02. The lowest BCUT2D eigenvalue weighted by Crippen LogP contribution is -2.52. The van der Waals surface area contributed by atoms with Crippen LogP contribution in [0.1, 0.15) is 25.6 Å². The number of rotatable bonds is 5. The van der Waals surface area contributed by atoms with E-state index in [9.17, 15) is 0 Å². The number of likely N-dealkylation sites (N-methyl/N-ethyl adjacent to an activating group) is 2. The van der Waals surface area contributed by atoms with Crippen molar-refractivity contribution in [2.75, 3.05) is 51.0 Å². The quantitative estimate of drug-likeness (QED) is 0.540. The maximum absolute atomic E-state index is 5.48. The van der Waals surface area contributed by atoms with Gasteiger partial charge in [-0.05, 0) is 14.1 Å². The molecule has 0 spiro atoms. The van der Waals surface area contributed by atoms with Gasteiger partial charge in [0.15, 0.2) is 0 Å². The van der Waals surface area contributed by atoms with E-state index in [2.05, 4.69) is 58.5 Å². The van der Waals surface area contributed by atoms with Crippen LogP contribution in [0.3, 0.4) is 0 Å². The minimum atomic E-state index is 0.266. The molecule has 1 aliphatic heterocycles. The molecular formula is C14H27N7. The lowest BCUT2D eigenvalue weighted by molar-refractivity contribution is 0.122. The van der Waals surface area contributed by atoms with Crippen LogP contribution in [0.15, 0.2) is 6.07 Å². The molecule has 0 bridgehead atoms. The van der Waals surface area contributed by atoms with Crippen LogP contribution in [-0.4, -0.2) is 66.1 Å². The minimum Gasteiger partial charge on any atom is -0.368 e. The summed E-state index contributed by atoms with van der Waals surface area (Å²) in [5, 5.41) is 3.42. The Bertz CT molecular complexity index is 463. The fourth-order valence-corrected chi connectivity index (χ4v) is 2.43. The number of hydrazine groups is 1. The monoisotopic (exact) mass is 293 g/mol. The normalized spacial score (nSPS) is 20.8. The van der Waals surface area contributed by atoms with Crippen LogP contribution in [0.25, 0.3) is 0 Å². The maximum Gasteiger partial charge on any atom is 0.145 e. The first kappa shape index (κ1) is 15.9. The van der Waals surface area contributed by atoms with Gasteiger partial charge in [-0.15, -0.1) is 0 Å². The average Bonchev–Trinajstić information content (AvgIpc) is 2.47. The second-order valence-corrected chi connectivity index (χ2v) is 6.07. The lowest BCUT2D eigenvalue weighted by Gasteiger charge is -2.37. The summed E-state index contributed by atoms with van der Waals surface area (Å²) in [6.45, 7) is 8.29. The first-order chi connectivity index (χ1) is 9.99. The molecule has 1 saturated heterocycles. The smallest absolute Gasteiger partial charge is 0.145 e. The summed E-state index contributed by atoms with van der Waals surface area (Å²) >= 11 is 0. The highest BCUT2D eigenvalue weighted by Gasteiger charge is 2.22. The lowest BCUT2D eigenvalue weighted by atomic mass is 10.2. The van der Waals surface area contributed by atoms with Crippen LogP contribution in [0.5, 0.6) is 0 Å². The van der Waals surface area contributed by atoms with Crippen LogP contribution in [0.2, 0.25) is 0 Å². The van der Waals surface area contributed by atoms with Gasteiger partial charge in [-0.2, -0.15) is 0 Å². The first-order valence-electron chi connectivity index (χ1n) is 7.48. The number of hydrogen-bond acceptors (Lipinski definition) is 7. The fraction of sp³-hybridized carbons (Fsp3) is 0.714. The summed E-state index contributed by atoms with van der Waals surface area (Å²) in [4.78, 5) is 13.7. The van der Waals surface area contributed by atoms with Gasteiger partial charge in [0.1, 0.15) is 17.5 Å². The van der Waals surface area contributed by atoms with Gasteiger partial charge in [0.25, 0.3) is 0 Å². The number of nitrogens with one attached hydrogen (secondary N) is 2. The molecule has 7 heteroatoms. The Labute approximate surface area is 126 Å². The third-order valence-electron chi connectivity index (χ3n) is 3.91. The molecule has 1 aromatic rings. The van der Waals surface area contributed by atoms with Crippen LogP contribution in [0.4, 0.5) is 11.6 Å². The van der Waals surface area contributed by atoms with Gasteiger partial charge in [-0.25, -0.2) is 15.8 Å². The molecule has 1 atom stereocenters. The van der Waals surface area contributed by atoms with Crippen molar-refractivity contribution < 1.29 is 0 Å². The SMILES string of the molecule is CC(C)c1nc(NN)cc(NCC2CN(C)CCN2C)n1. The molecule has 0 amide bonds. The van der Waals surface area contributed by atoms with Crippen molar-refractivity contribution in [1.29, 1.82) is 0 Å². The molecule has 0 aliphatic carbocycles. The van der Waals surface area contributed by atoms with E-state index in [0.29, 0.717) is 11.9 Å². The van der Waals surface area contributed by atoms with E-state index in [-0.39, 0.29) is 5.92 Å². The van der Waals surface area contributed by atoms with Gasteiger partial charge in [0, 0.05) is 44.2 Å². The van der Waals surface area contributed by atoms with Crippen molar-refractivity contribution >= 4 is 11.6 Å². The van der Waals surface area contributed by atoms with E-state index in [0.717, 1.165) is 37.8 Å². The summed E-state index contributed by atoms with van der Waals surface area (Å²) in [6, 6.07) is 2.33. The standard InChI is InChI=1S/C14H27N7/c1-10(2)14-17-12(7-13(18-14)19-15)16-8-11-9-20(3)5-6-21(11)4/h7,10-11H,5-6,8-9,15H2,1-4H3,(H2,16,17,18,19). The molecule has 1 aliphatic rings. The predicted octanol–water partition coefficient (Wildman–Crippen LogP) is 0.543. The van der Waals surface area contributed by atoms with Crippen molar-refractivity contribution in [1.82, 2.24) is 19.8 Å². The van der Waals surface area contributed by atoms with E-state index in [1.807, 2.05) is 6.07 Å². The van der Waals surface area contributed by atoms with Crippen molar-refractivity contribution in [3.8, 4) is 0 Å². The average molecular weight is 293 g/mol. The highest BCUT2D eigenvalue weighted by Crippen LogP contribution is 2.17. The highest BCUT2D eigenvalue weighted by molar-refractivity contribution is 5.47. The Morgan fingerprint density at radius 1 is 1.29 bits per heavy atom. The first-order valence-corrected chi connectivity index (χ1v) is 7.48. The third-order valence-corrected chi connectivity index (χ3v) is 3.91. The summed E-state index contributed by atoms with van der Waals surface area (Å²) < 4.78 is 0. The van der Waals surface area contributed by atoms with E-state index in [1.165, 1.54) is 0 Å². The van der Waals surface area contributed by atoms with Crippen LogP contribution in [0, 0.1) is 0 Å². The van der Waals surface area contributed by atoms with Crippen molar-refractivity contribution in [3.63, 3.8) is 0 Å². The largest absolute Gasteiger partial charge is 0.368 e. The molecule has 0 saturated carbocycles. The number of nitrogens with zero attached hydrogens (tertiary/aromatic N) is 4. The molecule has 21 heavy (non-hydrogen) atoms. The van der Waals surface area contributed by atoms with E-state index in [4.69, 9.17) is 5.84 Å². The molecule has 4 N–H and O–H groups in total. The number of nitrogens with two attached hydrogens (primary N) is 1. The van der Waals surface area contributed by atoms with Crippen LogP contribution in [-0.2, 0) is 0 Å². The van der Waals surface area contributed by atoms with E-state index < -0.39 is 0 Å². The second-order valence-electron chi connectivity index (χ2n) is 6.07. The number of anilines is 2. The van der Waals surface area contributed by atoms with Gasteiger partial charge in [0.2, 0.25) is 0 Å². The Kier molecular flexibility index (Phi) is 5.33. The molecule has 2 heterocycles. The van der Waals surface area contributed by atoms with Crippen LogP contribution < -0.4 is 16.6 Å². The van der Waals surface area contributed by atoms with Gasteiger partial charge in [-0.3, -0.25) is 4.90 Å². The molecular weight excluding hydrogens is 266 g/mol. The summed E-state index contributed by atoms with van der Waals surface area (Å²) in [6.07, 6.45) is 0. The van der Waals surface area contributed by atoms with Gasteiger partial charge >= 0.3 is 0 Å². The van der Waals surface area contributed by atoms with E-state index in [1.54, 1.807) is 0 Å². The molecule has 118 valence electrons. The highest BCUT2D eigenvalue weighted by atomic mass is 15.3. The Morgan fingerprint density at radius 2 is 2.00 bits per heavy atom. The van der Waals surface area contributed by atoms with Crippen LogP contribution >= 0.6 is 0 Å². The zero-order valence-electron chi connectivity index (χ0n) is 13.4. The Morgan fingerprint density at radius 3 is 2.67 bits per heavy atom. The molecule has 1 aromatic heterocycles. The molecule has 2 rings (SSSR count). The molecule has 1 unspecified atom stereocenters. The van der Waals surface area contributed by atoms with Gasteiger partial charge in [-0.1, -0.05) is 13.8 Å². The summed E-state index contributed by atoms with van der Waals surface area (Å²) in [5.41, 5.74) is 2.61. The topological polar surface area (TPSA) is 82.3 Å². The number of hydrogen-bond donors (Lipinski definition) is 3. The van der Waals surface area contributed by atoms with Gasteiger partial charge in [0.05, 0.1) is 0 Å². The van der Waals surface area contributed by atoms with Gasteiger partial charge < -0.3 is 15.6 Å². The number of nitrogen functional groups attached to an aromatic ring is 1. The third kappa shape index (κ3) is 4.26. The minimum absolute atomic E-state index is 0.266. The molecule has 7 nitrogen and oxygen atoms in total. The Balaban J connectivity index is 2.03. The number of aromatic nitrogens is 2. The zero-order chi connectivity index (χ0) is 15.4. The fourth-order valence-electron chi connectivity index (χ4n) is 2.43. The molecule has 1 fully saturated rings.